The van der Waals surface area contributed by atoms with E-state index in [0.717, 1.165) is 17.9 Å². The molecule has 1 N–H and O–H groups in total. The third-order valence-corrected chi connectivity index (χ3v) is 5.50. The minimum Gasteiger partial charge on any atom is -0.493 e. The summed E-state index contributed by atoms with van der Waals surface area (Å²) in [7, 11) is 4.58. The summed E-state index contributed by atoms with van der Waals surface area (Å²) in [6, 6.07) is 13.7. The number of nitrogens with one attached hydrogen (secondary N) is 1. The molecular weight excluding hydrogens is 418 g/mol. The Morgan fingerprint density at radius 1 is 1.03 bits per heavy atom. The Balaban J connectivity index is 1.52. The van der Waals surface area contributed by atoms with Crippen molar-refractivity contribution in [2.24, 2.45) is 0 Å². The van der Waals surface area contributed by atoms with Crippen molar-refractivity contribution in [2.75, 3.05) is 32.4 Å². The quantitative estimate of drug-likeness (QED) is 0.435. The molecule has 8 nitrogen and oxygen atoms in total. The Morgan fingerprint density at radius 3 is 2.39 bits per heavy atom. The third-order valence-electron chi connectivity index (χ3n) is 4.39. The van der Waals surface area contributed by atoms with Crippen molar-refractivity contribution in [1.29, 1.82) is 0 Å². The van der Waals surface area contributed by atoms with E-state index in [1.165, 1.54) is 26.9 Å². The monoisotopic (exact) mass is 443 g/mol. The zero-order valence-corrected chi connectivity index (χ0v) is 18.5. The number of hydrogen-bond acceptors (Lipinski definition) is 8. The number of hydrogen-bond donors (Lipinski definition) is 1. The number of benzene rings is 2. The topological polar surface area (TPSA) is 95.7 Å². The molecule has 0 atom stereocenters. The first kappa shape index (κ1) is 22.5. The van der Waals surface area contributed by atoms with Crippen LogP contribution in [0.3, 0.4) is 0 Å². The van der Waals surface area contributed by atoms with Crippen LogP contribution in [-0.4, -0.2) is 43.2 Å². The minimum atomic E-state index is -0.166. The summed E-state index contributed by atoms with van der Waals surface area (Å²) in [5, 5.41) is 10.5. The van der Waals surface area contributed by atoms with Crippen LogP contribution in [0.25, 0.3) is 11.5 Å². The molecule has 1 heterocycles. The second-order valence-electron chi connectivity index (χ2n) is 6.52. The van der Waals surface area contributed by atoms with Crippen LogP contribution in [0.1, 0.15) is 18.4 Å². The molecule has 3 rings (SSSR count). The second-order valence-corrected chi connectivity index (χ2v) is 7.62. The van der Waals surface area contributed by atoms with E-state index in [1.807, 2.05) is 18.2 Å². The van der Waals surface area contributed by atoms with Crippen LogP contribution < -0.4 is 19.5 Å². The second kappa shape index (κ2) is 11.3. The van der Waals surface area contributed by atoms with Crippen LogP contribution in [0.15, 0.2) is 46.9 Å². The largest absolute Gasteiger partial charge is 0.493 e. The minimum absolute atomic E-state index is 0.0469. The molecule has 1 aromatic heterocycles. The van der Waals surface area contributed by atoms with Gasteiger partial charge in [0.05, 0.1) is 21.3 Å². The molecule has 1 amide bonds. The van der Waals surface area contributed by atoms with E-state index in [0.29, 0.717) is 29.2 Å². The van der Waals surface area contributed by atoms with Crippen LogP contribution in [-0.2, 0) is 10.5 Å². The number of ether oxygens (including phenoxy) is 3. The van der Waals surface area contributed by atoms with Crippen molar-refractivity contribution in [3.8, 4) is 28.7 Å². The number of carbonyl (C=O) groups is 1. The number of anilines is 1. The van der Waals surface area contributed by atoms with Gasteiger partial charge < -0.3 is 18.6 Å². The van der Waals surface area contributed by atoms with Gasteiger partial charge in [-0.1, -0.05) is 35.4 Å². The van der Waals surface area contributed by atoms with E-state index in [1.54, 1.807) is 23.9 Å². The van der Waals surface area contributed by atoms with Gasteiger partial charge in [-0.2, -0.15) is 11.8 Å². The molecule has 3 aromatic rings. The molecule has 0 aliphatic heterocycles. The predicted molar refractivity (Wildman–Crippen MR) is 120 cm³/mol. The first-order chi connectivity index (χ1) is 15.1. The summed E-state index contributed by atoms with van der Waals surface area (Å²) in [4.78, 5) is 12.2. The number of methoxy groups -OCH3 is 3. The first-order valence-electron chi connectivity index (χ1n) is 9.70. The lowest BCUT2D eigenvalue weighted by molar-refractivity contribution is -0.116. The SMILES string of the molecule is COc1cc(-c2nnc(NC(=O)CCCSCc3ccccc3)o2)cc(OC)c1OC. The lowest BCUT2D eigenvalue weighted by Gasteiger charge is -2.12. The smallest absolute Gasteiger partial charge is 0.322 e. The fraction of sp³-hybridized carbons (Fsp3) is 0.318. The molecule has 0 fully saturated rings. The third kappa shape index (κ3) is 6.14. The zero-order chi connectivity index (χ0) is 22.1. The highest BCUT2D eigenvalue weighted by molar-refractivity contribution is 7.98. The maximum atomic E-state index is 12.2. The highest BCUT2D eigenvalue weighted by Crippen LogP contribution is 2.41. The van der Waals surface area contributed by atoms with E-state index in [2.05, 4.69) is 27.6 Å². The van der Waals surface area contributed by atoms with Gasteiger partial charge in [0.1, 0.15) is 0 Å². The number of aromatic nitrogens is 2. The van der Waals surface area contributed by atoms with E-state index in [-0.39, 0.29) is 17.8 Å². The van der Waals surface area contributed by atoms with Gasteiger partial charge >= 0.3 is 6.01 Å². The molecule has 0 radical (unpaired) electrons. The first-order valence-corrected chi connectivity index (χ1v) is 10.9. The summed E-state index contributed by atoms with van der Waals surface area (Å²) in [5.74, 6) is 3.29. The molecular formula is C22H25N3O5S. The number of rotatable bonds is 11. The number of amides is 1. The van der Waals surface area contributed by atoms with Gasteiger partial charge in [0, 0.05) is 17.7 Å². The fourth-order valence-corrected chi connectivity index (χ4v) is 3.80. The number of nitrogens with zero attached hydrogens (tertiary/aromatic N) is 2. The van der Waals surface area contributed by atoms with Crippen molar-refractivity contribution >= 4 is 23.7 Å². The number of thioether (sulfide) groups is 1. The van der Waals surface area contributed by atoms with Crippen LogP contribution in [0.4, 0.5) is 6.01 Å². The van der Waals surface area contributed by atoms with Crippen LogP contribution in [0.2, 0.25) is 0 Å². The Bertz CT molecular complexity index is 969. The van der Waals surface area contributed by atoms with Crippen molar-refractivity contribution < 1.29 is 23.4 Å². The van der Waals surface area contributed by atoms with Gasteiger partial charge in [0.2, 0.25) is 17.5 Å². The highest BCUT2D eigenvalue weighted by Gasteiger charge is 2.18. The molecule has 0 aliphatic carbocycles. The maximum absolute atomic E-state index is 12.2. The molecule has 9 heteroatoms. The predicted octanol–water partition coefficient (Wildman–Crippen LogP) is 4.41. The molecule has 0 bridgehead atoms. The van der Waals surface area contributed by atoms with Gasteiger partial charge in [-0.05, 0) is 29.9 Å². The standard InChI is InChI=1S/C22H25N3O5S/c1-27-17-12-16(13-18(28-2)20(17)29-3)21-24-25-22(30-21)23-19(26)10-7-11-31-14-15-8-5-4-6-9-15/h4-6,8-9,12-13H,7,10-11,14H2,1-3H3,(H,23,25,26). The van der Waals surface area contributed by atoms with Crippen molar-refractivity contribution in [3.63, 3.8) is 0 Å². The fourth-order valence-electron chi connectivity index (χ4n) is 2.88. The average Bonchev–Trinajstić information content (AvgIpc) is 3.26. The van der Waals surface area contributed by atoms with Gasteiger partial charge in [0.25, 0.3) is 0 Å². The normalized spacial score (nSPS) is 10.5. The van der Waals surface area contributed by atoms with Crippen LogP contribution >= 0.6 is 11.8 Å². The van der Waals surface area contributed by atoms with Crippen LogP contribution in [0, 0.1) is 0 Å². The molecule has 0 unspecified atom stereocenters. The van der Waals surface area contributed by atoms with Gasteiger partial charge in [-0.25, -0.2) is 0 Å². The Kier molecular flexibility index (Phi) is 8.17. The Morgan fingerprint density at radius 2 is 1.74 bits per heavy atom. The summed E-state index contributed by atoms with van der Waals surface area (Å²) >= 11 is 1.80. The van der Waals surface area contributed by atoms with Crippen molar-refractivity contribution in [2.45, 2.75) is 18.6 Å². The van der Waals surface area contributed by atoms with Gasteiger partial charge in [-0.3, -0.25) is 10.1 Å². The lowest BCUT2D eigenvalue weighted by atomic mass is 10.2. The van der Waals surface area contributed by atoms with E-state index in [4.69, 9.17) is 18.6 Å². The molecule has 31 heavy (non-hydrogen) atoms. The number of carbonyl (C=O) groups excluding carboxylic acids is 1. The highest BCUT2D eigenvalue weighted by atomic mass is 32.2. The Hall–Kier alpha value is -3.20. The van der Waals surface area contributed by atoms with E-state index in [9.17, 15) is 4.79 Å². The molecule has 0 spiro atoms. The van der Waals surface area contributed by atoms with Gasteiger partial charge in [-0.15, -0.1) is 5.10 Å². The molecule has 0 saturated carbocycles. The summed E-state index contributed by atoms with van der Waals surface area (Å²) in [6.45, 7) is 0. The molecule has 2 aromatic carbocycles. The van der Waals surface area contributed by atoms with Crippen molar-refractivity contribution in [3.05, 3.63) is 48.0 Å². The maximum Gasteiger partial charge on any atom is 0.322 e. The zero-order valence-electron chi connectivity index (χ0n) is 17.7. The average molecular weight is 444 g/mol. The summed E-state index contributed by atoms with van der Waals surface area (Å²) < 4.78 is 21.6. The van der Waals surface area contributed by atoms with Gasteiger partial charge in [0.15, 0.2) is 11.5 Å². The Labute approximate surface area is 185 Å². The van der Waals surface area contributed by atoms with E-state index < -0.39 is 0 Å². The molecule has 164 valence electrons. The molecule has 0 saturated heterocycles. The summed E-state index contributed by atoms with van der Waals surface area (Å²) in [6.07, 6.45) is 1.14. The van der Waals surface area contributed by atoms with Crippen LogP contribution in [0.5, 0.6) is 17.2 Å². The lowest BCUT2D eigenvalue weighted by Crippen LogP contribution is -2.11. The van der Waals surface area contributed by atoms with Crippen molar-refractivity contribution in [1.82, 2.24) is 10.2 Å². The summed E-state index contributed by atoms with van der Waals surface area (Å²) in [5.41, 5.74) is 1.86. The molecule has 0 aliphatic rings. The van der Waals surface area contributed by atoms with E-state index >= 15 is 0 Å².